The smallest absolute Gasteiger partial charge is 0.220 e. The van der Waals surface area contributed by atoms with Crippen LogP contribution < -0.4 is 10.2 Å². The first kappa shape index (κ1) is 18.4. The van der Waals surface area contributed by atoms with Crippen LogP contribution in [0.3, 0.4) is 0 Å². The standard InChI is InChI=1S/C21H28N4O/c1-17-15-20(25-13-6-3-7-14-25)24-19(23-17)16-22-21(26)12-8-11-18-9-4-2-5-10-18/h2,4-5,9-10,15H,3,6-8,11-14,16H2,1H3,(H,22,26). The van der Waals surface area contributed by atoms with Crippen LogP contribution in [0.25, 0.3) is 0 Å². The third-order valence-electron chi connectivity index (χ3n) is 4.72. The number of amides is 1. The molecule has 26 heavy (non-hydrogen) atoms. The van der Waals surface area contributed by atoms with Crippen molar-refractivity contribution in [1.82, 2.24) is 15.3 Å². The van der Waals surface area contributed by atoms with Gasteiger partial charge in [-0.05, 0) is 44.6 Å². The fourth-order valence-electron chi connectivity index (χ4n) is 3.34. The molecule has 1 N–H and O–H groups in total. The molecule has 0 radical (unpaired) electrons. The lowest BCUT2D eigenvalue weighted by atomic mass is 10.1. The van der Waals surface area contributed by atoms with Crippen molar-refractivity contribution in [3.05, 3.63) is 53.5 Å². The maximum absolute atomic E-state index is 12.1. The summed E-state index contributed by atoms with van der Waals surface area (Å²) in [4.78, 5) is 23.6. The Labute approximate surface area is 155 Å². The molecule has 1 aromatic carbocycles. The van der Waals surface area contributed by atoms with Gasteiger partial charge >= 0.3 is 0 Å². The second-order valence-corrected chi connectivity index (χ2v) is 6.95. The van der Waals surface area contributed by atoms with Gasteiger partial charge in [-0.1, -0.05) is 30.3 Å². The summed E-state index contributed by atoms with van der Waals surface area (Å²) in [7, 11) is 0. The van der Waals surface area contributed by atoms with Gasteiger partial charge in [0.1, 0.15) is 11.6 Å². The van der Waals surface area contributed by atoms with E-state index in [1.807, 2.05) is 31.2 Å². The summed E-state index contributed by atoms with van der Waals surface area (Å²) in [6, 6.07) is 12.3. The van der Waals surface area contributed by atoms with E-state index in [9.17, 15) is 4.79 Å². The maximum atomic E-state index is 12.1. The minimum atomic E-state index is 0.0607. The summed E-state index contributed by atoms with van der Waals surface area (Å²) < 4.78 is 0. The summed E-state index contributed by atoms with van der Waals surface area (Å²) in [5.74, 6) is 1.75. The molecule has 0 spiro atoms. The lowest BCUT2D eigenvalue weighted by Crippen LogP contribution is -2.31. The largest absolute Gasteiger partial charge is 0.357 e. The molecule has 2 heterocycles. The van der Waals surface area contributed by atoms with Gasteiger partial charge in [-0.25, -0.2) is 9.97 Å². The molecule has 1 fully saturated rings. The first-order valence-corrected chi connectivity index (χ1v) is 9.61. The molecule has 0 atom stereocenters. The van der Waals surface area contributed by atoms with Crippen molar-refractivity contribution in [2.75, 3.05) is 18.0 Å². The number of nitrogens with zero attached hydrogens (tertiary/aromatic N) is 3. The highest BCUT2D eigenvalue weighted by Crippen LogP contribution is 2.18. The number of piperidine rings is 1. The van der Waals surface area contributed by atoms with Crippen molar-refractivity contribution in [2.24, 2.45) is 0 Å². The van der Waals surface area contributed by atoms with Crippen LogP contribution in [-0.4, -0.2) is 29.0 Å². The van der Waals surface area contributed by atoms with Gasteiger partial charge in [0, 0.05) is 31.3 Å². The number of carbonyl (C=O) groups is 1. The maximum Gasteiger partial charge on any atom is 0.220 e. The number of carbonyl (C=O) groups excluding carboxylic acids is 1. The number of aryl methyl sites for hydroxylation is 2. The Morgan fingerprint density at radius 2 is 1.88 bits per heavy atom. The van der Waals surface area contributed by atoms with E-state index in [1.54, 1.807) is 0 Å². The van der Waals surface area contributed by atoms with Crippen LogP contribution in [0, 0.1) is 6.92 Å². The molecule has 0 aliphatic carbocycles. The Kier molecular flexibility index (Phi) is 6.58. The molecule has 1 aliphatic heterocycles. The van der Waals surface area contributed by atoms with Gasteiger partial charge in [-0.3, -0.25) is 4.79 Å². The Hall–Kier alpha value is -2.43. The average Bonchev–Trinajstić information content (AvgIpc) is 2.67. The third kappa shape index (κ3) is 5.55. The molecule has 2 aromatic rings. The van der Waals surface area contributed by atoms with Gasteiger partial charge in [0.25, 0.3) is 0 Å². The molecule has 1 amide bonds. The Balaban J connectivity index is 1.47. The molecule has 138 valence electrons. The summed E-state index contributed by atoms with van der Waals surface area (Å²) in [6.45, 7) is 4.50. The number of nitrogens with one attached hydrogen (secondary N) is 1. The van der Waals surface area contributed by atoms with Crippen LogP contribution in [-0.2, 0) is 17.8 Å². The number of benzene rings is 1. The second-order valence-electron chi connectivity index (χ2n) is 6.95. The minimum absolute atomic E-state index is 0.0607. The summed E-state index contributed by atoms with van der Waals surface area (Å²) >= 11 is 0. The van der Waals surface area contributed by atoms with E-state index < -0.39 is 0 Å². The SMILES string of the molecule is Cc1cc(N2CCCCC2)nc(CNC(=O)CCCc2ccccc2)n1. The number of hydrogen-bond donors (Lipinski definition) is 1. The second kappa shape index (κ2) is 9.32. The van der Waals surface area contributed by atoms with Gasteiger partial charge in [-0.2, -0.15) is 0 Å². The molecule has 3 rings (SSSR count). The van der Waals surface area contributed by atoms with Gasteiger partial charge in [0.2, 0.25) is 5.91 Å². The predicted molar refractivity (Wildman–Crippen MR) is 104 cm³/mol. The zero-order chi connectivity index (χ0) is 18.2. The molecule has 1 saturated heterocycles. The van der Waals surface area contributed by atoms with Gasteiger partial charge < -0.3 is 10.2 Å². The zero-order valence-electron chi connectivity index (χ0n) is 15.6. The van der Waals surface area contributed by atoms with E-state index in [0.29, 0.717) is 18.8 Å². The van der Waals surface area contributed by atoms with E-state index in [4.69, 9.17) is 0 Å². The van der Waals surface area contributed by atoms with Gasteiger partial charge in [-0.15, -0.1) is 0 Å². The molecule has 0 unspecified atom stereocenters. The lowest BCUT2D eigenvalue weighted by Gasteiger charge is -2.28. The van der Waals surface area contributed by atoms with Crippen molar-refractivity contribution < 1.29 is 4.79 Å². The van der Waals surface area contributed by atoms with E-state index in [2.05, 4.69) is 32.3 Å². The van der Waals surface area contributed by atoms with Gasteiger partial charge in [0.05, 0.1) is 6.54 Å². The fraction of sp³-hybridized carbons (Fsp3) is 0.476. The molecule has 0 bridgehead atoms. The van der Waals surface area contributed by atoms with Crippen molar-refractivity contribution in [1.29, 1.82) is 0 Å². The molecule has 0 saturated carbocycles. The third-order valence-corrected chi connectivity index (χ3v) is 4.72. The molecule has 1 aromatic heterocycles. The minimum Gasteiger partial charge on any atom is -0.357 e. The number of anilines is 1. The van der Waals surface area contributed by atoms with Gasteiger partial charge in [0.15, 0.2) is 0 Å². The first-order chi connectivity index (χ1) is 12.7. The van der Waals surface area contributed by atoms with Crippen LogP contribution in [0.5, 0.6) is 0 Å². The van der Waals surface area contributed by atoms with Crippen LogP contribution >= 0.6 is 0 Å². The van der Waals surface area contributed by atoms with Crippen molar-refractivity contribution in [2.45, 2.75) is 52.0 Å². The molecule has 5 heteroatoms. The monoisotopic (exact) mass is 352 g/mol. The van der Waals surface area contributed by atoms with Crippen LogP contribution in [0.4, 0.5) is 5.82 Å². The van der Waals surface area contributed by atoms with E-state index in [1.165, 1.54) is 24.8 Å². The van der Waals surface area contributed by atoms with Crippen LogP contribution in [0.1, 0.15) is 49.2 Å². The normalized spacial score (nSPS) is 14.3. The lowest BCUT2D eigenvalue weighted by molar-refractivity contribution is -0.121. The molecular formula is C21H28N4O. The Morgan fingerprint density at radius 3 is 2.65 bits per heavy atom. The number of hydrogen-bond acceptors (Lipinski definition) is 4. The first-order valence-electron chi connectivity index (χ1n) is 9.61. The van der Waals surface area contributed by atoms with Crippen molar-refractivity contribution >= 4 is 11.7 Å². The topological polar surface area (TPSA) is 58.1 Å². The van der Waals surface area contributed by atoms with Crippen molar-refractivity contribution in [3.8, 4) is 0 Å². The quantitative estimate of drug-likeness (QED) is 0.829. The van der Waals surface area contributed by atoms with E-state index in [-0.39, 0.29) is 5.91 Å². The summed E-state index contributed by atoms with van der Waals surface area (Å²) in [5.41, 5.74) is 2.22. The highest BCUT2D eigenvalue weighted by molar-refractivity contribution is 5.75. The Morgan fingerprint density at radius 1 is 1.12 bits per heavy atom. The summed E-state index contributed by atoms with van der Waals surface area (Å²) in [6.07, 6.45) is 6.04. The number of rotatable bonds is 7. The molecule has 5 nitrogen and oxygen atoms in total. The molecule has 1 aliphatic rings. The average molecular weight is 352 g/mol. The number of aromatic nitrogens is 2. The molecular weight excluding hydrogens is 324 g/mol. The highest BCUT2D eigenvalue weighted by atomic mass is 16.1. The highest BCUT2D eigenvalue weighted by Gasteiger charge is 2.14. The van der Waals surface area contributed by atoms with Crippen molar-refractivity contribution in [3.63, 3.8) is 0 Å². The summed E-state index contributed by atoms with van der Waals surface area (Å²) in [5, 5.41) is 2.96. The van der Waals surface area contributed by atoms with Crippen LogP contribution in [0.15, 0.2) is 36.4 Å². The Bertz CT molecular complexity index is 711. The predicted octanol–water partition coefficient (Wildman–Crippen LogP) is 3.41. The zero-order valence-corrected chi connectivity index (χ0v) is 15.6. The van der Waals surface area contributed by atoms with Crippen LogP contribution in [0.2, 0.25) is 0 Å². The fourth-order valence-corrected chi connectivity index (χ4v) is 3.34. The van der Waals surface area contributed by atoms with E-state index >= 15 is 0 Å². The van der Waals surface area contributed by atoms with E-state index in [0.717, 1.165) is 37.4 Å².